The summed E-state index contributed by atoms with van der Waals surface area (Å²) in [7, 11) is 0. The Labute approximate surface area is 121 Å². The Balaban J connectivity index is 1.50. The van der Waals surface area contributed by atoms with Crippen LogP contribution in [0.3, 0.4) is 0 Å². The van der Waals surface area contributed by atoms with Crippen LogP contribution in [0.4, 0.5) is 0 Å². The quantitative estimate of drug-likeness (QED) is 0.812. The van der Waals surface area contributed by atoms with Crippen molar-refractivity contribution in [3.8, 4) is 0 Å². The van der Waals surface area contributed by atoms with Crippen LogP contribution in [0.5, 0.6) is 0 Å². The van der Waals surface area contributed by atoms with Crippen molar-refractivity contribution in [1.82, 2.24) is 9.80 Å². The lowest BCUT2D eigenvalue weighted by molar-refractivity contribution is -0.134. The van der Waals surface area contributed by atoms with E-state index >= 15 is 0 Å². The Morgan fingerprint density at radius 2 is 2.00 bits per heavy atom. The Kier molecular flexibility index (Phi) is 4.29. The molecule has 1 aliphatic carbocycles. The molecule has 2 saturated heterocycles. The third-order valence-electron chi connectivity index (χ3n) is 5.45. The first-order valence-corrected chi connectivity index (χ1v) is 8.02. The van der Waals surface area contributed by atoms with Crippen molar-refractivity contribution in [2.75, 3.05) is 45.9 Å². The minimum atomic E-state index is 0.133. The number of likely N-dealkylation sites (tertiary alicyclic amines) is 1. The SMILES string of the molecule is NCC1(CC(=O)N2CCC(N3CCOCC3)C2)CCC1. The molecular formula is C15H27N3O2. The first-order valence-electron chi connectivity index (χ1n) is 8.02. The lowest BCUT2D eigenvalue weighted by Crippen LogP contribution is -2.46. The summed E-state index contributed by atoms with van der Waals surface area (Å²) in [5, 5.41) is 0. The molecule has 2 aliphatic heterocycles. The number of nitrogens with two attached hydrogens (primary N) is 1. The molecule has 20 heavy (non-hydrogen) atoms. The van der Waals surface area contributed by atoms with Gasteiger partial charge in [0.1, 0.15) is 0 Å². The molecule has 1 saturated carbocycles. The molecule has 3 rings (SSSR count). The average molecular weight is 281 g/mol. The molecule has 0 aromatic heterocycles. The zero-order valence-electron chi connectivity index (χ0n) is 12.4. The molecule has 0 bridgehead atoms. The van der Waals surface area contributed by atoms with Gasteiger partial charge in [-0.15, -0.1) is 0 Å². The lowest BCUT2D eigenvalue weighted by atomic mass is 9.66. The van der Waals surface area contributed by atoms with Gasteiger partial charge in [-0.05, 0) is 31.2 Å². The number of nitrogens with zero attached hydrogens (tertiary/aromatic N) is 2. The minimum Gasteiger partial charge on any atom is -0.379 e. The summed E-state index contributed by atoms with van der Waals surface area (Å²) < 4.78 is 5.40. The smallest absolute Gasteiger partial charge is 0.223 e. The van der Waals surface area contributed by atoms with Gasteiger partial charge in [0.2, 0.25) is 5.91 Å². The van der Waals surface area contributed by atoms with E-state index in [1.54, 1.807) is 0 Å². The normalized spacial score (nSPS) is 30.2. The van der Waals surface area contributed by atoms with Crippen LogP contribution in [0.15, 0.2) is 0 Å². The molecule has 1 atom stereocenters. The number of hydrogen-bond donors (Lipinski definition) is 1. The van der Waals surface area contributed by atoms with Crippen LogP contribution in [-0.4, -0.2) is 67.7 Å². The summed E-state index contributed by atoms with van der Waals surface area (Å²) in [4.78, 5) is 17.0. The summed E-state index contributed by atoms with van der Waals surface area (Å²) in [6, 6.07) is 0.540. The zero-order chi connectivity index (χ0) is 14.0. The molecule has 1 unspecified atom stereocenters. The van der Waals surface area contributed by atoms with Crippen LogP contribution in [0.25, 0.3) is 0 Å². The Morgan fingerprint density at radius 3 is 2.60 bits per heavy atom. The molecule has 2 heterocycles. The van der Waals surface area contributed by atoms with Gasteiger partial charge < -0.3 is 15.4 Å². The molecule has 5 heteroatoms. The Morgan fingerprint density at radius 1 is 1.25 bits per heavy atom. The average Bonchev–Trinajstić information content (AvgIpc) is 2.93. The highest BCUT2D eigenvalue weighted by molar-refractivity contribution is 5.77. The molecule has 5 nitrogen and oxygen atoms in total. The second kappa shape index (κ2) is 6.00. The second-order valence-corrected chi connectivity index (χ2v) is 6.67. The van der Waals surface area contributed by atoms with E-state index in [-0.39, 0.29) is 5.41 Å². The molecule has 0 aromatic carbocycles. The molecule has 0 spiro atoms. The van der Waals surface area contributed by atoms with Gasteiger partial charge in [-0.25, -0.2) is 0 Å². The van der Waals surface area contributed by atoms with Crippen molar-refractivity contribution in [3.05, 3.63) is 0 Å². The predicted octanol–water partition coefficient (Wildman–Crippen LogP) is 0.439. The molecular weight excluding hydrogens is 254 g/mol. The van der Waals surface area contributed by atoms with Crippen molar-refractivity contribution in [1.29, 1.82) is 0 Å². The highest BCUT2D eigenvalue weighted by atomic mass is 16.5. The fourth-order valence-corrected chi connectivity index (χ4v) is 3.77. The van der Waals surface area contributed by atoms with Crippen LogP contribution in [0, 0.1) is 5.41 Å². The van der Waals surface area contributed by atoms with Gasteiger partial charge in [-0.1, -0.05) is 6.42 Å². The first-order chi connectivity index (χ1) is 9.72. The number of rotatable bonds is 4. The predicted molar refractivity (Wildman–Crippen MR) is 77.3 cm³/mol. The van der Waals surface area contributed by atoms with E-state index in [2.05, 4.69) is 9.80 Å². The van der Waals surface area contributed by atoms with Crippen LogP contribution >= 0.6 is 0 Å². The third kappa shape index (κ3) is 2.85. The van der Waals surface area contributed by atoms with Gasteiger partial charge in [0.15, 0.2) is 0 Å². The van der Waals surface area contributed by atoms with Crippen LogP contribution in [0.2, 0.25) is 0 Å². The highest BCUT2D eigenvalue weighted by Crippen LogP contribution is 2.43. The van der Waals surface area contributed by atoms with Crippen molar-refractivity contribution in [2.24, 2.45) is 11.1 Å². The van der Waals surface area contributed by atoms with Gasteiger partial charge in [0.25, 0.3) is 0 Å². The maximum Gasteiger partial charge on any atom is 0.223 e. The molecule has 1 amide bonds. The molecule has 114 valence electrons. The molecule has 0 radical (unpaired) electrons. The lowest BCUT2D eigenvalue weighted by Gasteiger charge is -2.41. The molecule has 2 N–H and O–H groups in total. The number of hydrogen-bond acceptors (Lipinski definition) is 4. The van der Waals surface area contributed by atoms with Gasteiger partial charge in [0, 0.05) is 38.6 Å². The van der Waals surface area contributed by atoms with Crippen molar-refractivity contribution in [3.63, 3.8) is 0 Å². The van der Waals surface area contributed by atoms with Gasteiger partial charge in [-0.2, -0.15) is 0 Å². The van der Waals surface area contributed by atoms with E-state index in [1.807, 2.05) is 0 Å². The number of amides is 1. The number of carbonyl (C=O) groups is 1. The summed E-state index contributed by atoms with van der Waals surface area (Å²) in [5.41, 5.74) is 6.00. The fraction of sp³-hybridized carbons (Fsp3) is 0.933. The van der Waals surface area contributed by atoms with Gasteiger partial charge in [0.05, 0.1) is 13.2 Å². The van der Waals surface area contributed by atoms with E-state index < -0.39 is 0 Å². The number of morpholine rings is 1. The Hall–Kier alpha value is -0.650. The minimum absolute atomic E-state index is 0.133. The molecule has 3 aliphatic rings. The number of carbonyl (C=O) groups excluding carboxylic acids is 1. The summed E-state index contributed by atoms with van der Waals surface area (Å²) in [6.07, 6.45) is 5.29. The van der Waals surface area contributed by atoms with Crippen molar-refractivity contribution >= 4 is 5.91 Å². The highest BCUT2D eigenvalue weighted by Gasteiger charge is 2.40. The van der Waals surface area contributed by atoms with E-state index in [0.717, 1.165) is 58.7 Å². The monoisotopic (exact) mass is 281 g/mol. The van der Waals surface area contributed by atoms with E-state index in [0.29, 0.717) is 24.9 Å². The maximum absolute atomic E-state index is 12.5. The fourth-order valence-electron chi connectivity index (χ4n) is 3.77. The van der Waals surface area contributed by atoms with Gasteiger partial charge in [-0.3, -0.25) is 9.69 Å². The zero-order valence-corrected chi connectivity index (χ0v) is 12.4. The number of ether oxygens (including phenoxy) is 1. The summed E-state index contributed by atoms with van der Waals surface area (Å²) in [5.74, 6) is 0.325. The van der Waals surface area contributed by atoms with E-state index in [9.17, 15) is 4.79 Å². The van der Waals surface area contributed by atoms with E-state index in [4.69, 9.17) is 10.5 Å². The summed E-state index contributed by atoms with van der Waals surface area (Å²) in [6.45, 7) is 6.18. The summed E-state index contributed by atoms with van der Waals surface area (Å²) >= 11 is 0. The van der Waals surface area contributed by atoms with Crippen LogP contribution < -0.4 is 5.73 Å². The Bertz CT molecular complexity index is 346. The van der Waals surface area contributed by atoms with Crippen molar-refractivity contribution in [2.45, 2.75) is 38.1 Å². The standard InChI is InChI=1S/C15H27N3O2/c16-12-15(3-1-4-15)10-14(19)18-5-2-13(11-18)17-6-8-20-9-7-17/h13H,1-12,16H2. The largest absolute Gasteiger partial charge is 0.379 e. The third-order valence-corrected chi connectivity index (χ3v) is 5.45. The van der Waals surface area contributed by atoms with E-state index in [1.165, 1.54) is 6.42 Å². The van der Waals surface area contributed by atoms with Crippen LogP contribution in [0.1, 0.15) is 32.1 Å². The second-order valence-electron chi connectivity index (χ2n) is 6.67. The van der Waals surface area contributed by atoms with Gasteiger partial charge >= 0.3 is 0 Å². The maximum atomic E-state index is 12.5. The molecule has 3 fully saturated rings. The topological polar surface area (TPSA) is 58.8 Å². The molecule has 0 aromatic rings. The van der Waals surface area contributed by atoms with Crippen molar-refractivity contribution < 1.29 is 9.53 Å². The van der Waals surface area contributed by atoms with Crippen LogP contribution in [-0.2, 0) is 9.53 Å². The first kappa shape index (κ1) is 14.3.